The molecule has 4 N–H and O–H groups in total. The average Bonchev–Trinajstić information content (AvgIpc) is 3.26. The molecule has 4 amide bonds. The number of rotatable bonds is 14. The SMILES string of the molecule is COc1ccc(C(=O)NCc2cccnc2)cc1C(=O)NCc1cccnc1.COc1ccc(C(=O)NCc2cccnc2)cc1C(=O)NCc1cccnc1. The topological polar surface area (TPSA) is 186 Å². The molecule has 284 valence electrons. The second kappa shape index (κ2) is 20.7. The van der Waals surface area contributed by atoms with E-state index in [1.54, 1.807) is 98.1 Å². The van der Waals surface area contributed by atoms with Crippen molar-refractivity contribution in [3.63, 3.8) is 0 Å². The predicted octanol–water partition coefficient (Wildman–Crippen LogP) is 4.69. The molecule has 0 atom stereocenters. The summed E-state index contributed by atoms with van der Waals surface area (Å²) in [5, 5.41) is 11.3. The Morgan fingerprint density at radius 2 is 0.750 bits per heavy atom. The molecule has 4 heterocycles. The van der Waals surface area contributed by atoms with Gasteiger partial charge in [-0.2, -0.15) is 0 Å². The summed E-state index contributed by atoms with van der Waals surface area (Å²) in [4.78, 5) is 66.2. The largest absolute Gasteiger partial charge is 0.496 e. The van der Waals surface area contributed by atoms with E-state index in [0.717, 1.165) is 22.3 Å². The van der Waals surface area contributed by atoms with Crippen molar-refractivity contribution >= 4 is 23.6 Å². The predicted molar refractivity (Wildman–Crippen MR) is 208 cm³/mol. The van der Waals surface area contributed by atoms with Crippen LogP contribution in [0.15, 0.2) is 135 Å². The third-order valence-corrected chi connectivity index (χ3v) is 8.12. The normalized spacial score (nSPS) is 10.2. The summed E-state index contributed by atoms with van der Waals surface area (Å²) in [7, 11) is 2.96. The van der Waals surface area contributed by atoms with Crippen molar-refractivity contribution in [2.45, 2.75) is 26.2 Å². The van der Waals surface area contributed by atoms with Crippen LogP contribution in [0.4, 0.5) is 0 Å². The summed E-state index contributed by atoms with van der Waals surface area (Å²) in [6, 6.07) is 24.2. The zero-order valence-electron chi connectivity index (χ0n) is 30.8. The number of pyridine rings is 4. The van der Waals surface area contributed by atoms with Crippen LogP contribution in [-0.4, -0.2) is 57.8 Å². The number of carbonyl (C=O) groups is 4. The minimum atomic E-state index is -0.331. The lowest BCUT2D eigenvalue weighted by Gasteiger charge is -2.12. The molecule has 6 rings (SSSR count). The van der Waals surface area contributed by atoms with E-state index in [-0.39, 0.29) is 23.6 Å². The quantitative estimate of drug-likeness (QED) is 0.122. The lowest BCUT2D eigenvalue weighted by Crippen LogP contribution is -2.26. The van der Waals surface area contributed by atoms with Gasteiger partial charge >= 0.3 is 0 Å². The van der Waals surface area contributed by atoms with Crippen molar-refractivity contribution < 1.29 is 28.7 Å². The van der Waals surface area contributed by atoms with Crippen LogP contribution in [0.25, 0.3) is 0 Å². The van der Waals surface area contributed by atoms with Gasteiger partial charge in [0.25, 0.3) is 23.6 Å². The van der Waals surface area contributed by atoms with Crippen LogP contribution in [0, 0.1) is 0 Å². The van der Waals surface area contributed by atoms with E-state index in [1.807, 2.05) is 24.3 Å². The summed E-state index contributed by atoms with van der Waals surface area (Å²) in [6.07, 6.45) is 13.4. The molecule has 0 bridgehead atoms. The summed E-state index contributed by atoms with van der Waals surface area (Å²) < 4.78 is 10.5. The first-order valence-corrected chi connectivity index (χ1v) is 17.4. The van der Waals surface area contributed by atoms with Crippen LogP contribution in [0.2, 0.25) is 0 Å². The van der Waals surface area contributed by atoms with Crippen LogP contribution in [0.3, 0.4) is 0 Å². The molecule has 0 fully saturated rings. The number of carbonyl (C=O) groups excluding carboxylic acids is 4. The molecule has 56 heavy (non-hydrogen) atoms. The first-order chi connectivity index (χ1) is 27.3. The fraction of sp³-hybridized carbons (Fsp3) is 0.143. The maximum atomic E-state index is 12.6. The second-order valence-corrected chi connectivity index (χ2v) is 12.0. The molecular weight excluding hydrogens is 713 g/mol. The van der Waals surface area contributed by atoms with Crippen molar-refractivity contribution in [2.75, 3.05) is 14.2 Å². The Labute approximate surface area is 323 Å². The average molecular weight is 753 g/mol. The fourth-order valence-electron chi connectivity index (χ4n) is 5.19. The fourth-order valence-corrected chi connectivity index (χ4v) is 5.19. The third-order valence-electron chi connectivity index (χ3n) is 8.12. The molecule has 14 nitrogen and oxygen atoms in total. The number of methoxy groups -OCH3 is 2. The number of ether oxygens (including phenoxy) is 2. The van der Waals surface area contributed by atoms with Gasteiger partial charge in [0.1, 0.15) is 11.5 Å². The molecule has 0 saturated heterocycles. The van der Waals surface area contributed by atoms with E-state index >= 15 is 0 Å². The van der Waals surface area contributed by atoms with Gasteiger partial charge in [-0.05, 0) is 82.9 Å². The molecule has 14 heteroatoms. The van der Waals surface area contributed by atoms with Gasteiger partial charge in [-0.25, -0.2) is 0 Å². The number of nitrogens with zero attached hydrogens (tertiary/aromatic N) is 4. The van der Waals surface area contributed by atoms with Crippen LogP contribution in [0.5, 0.6) is 11.5 Å². The Bertz CT molecular complexity index is 2050. The van der Waals surface area contributed by atoms with Gasteiger partial charge in [0, 0.05) is 86.9 Å². The standard InChI is InChI=1S/2C21H20N4O3/c2*1-28-19-7-6-17(20(26)24-13-15-4-2-8-22-11-15)10-18(19)21(27)25-14-16-5-3-9-23-12-16/h2*2-12H,13-14H2,1H3,(H,24,26)(H,25,27). The van der Waals surface area contributed by atoms with Crippen LogP contribution in [-0.2, 0) is 26.2 Å². The minimum Gasteiger partial charge on any atom is -0.496 e. The highest BCUT2D eigenvalue weighted by Crippen LogP contribution is 2.21. The molecule has 0 aliphatic rings. The molecule has 0 radical (unpaired) electrons. The highest BCUT2D eigenvalue weighted by Gasteiger charge is 2.17. The summed E-state index contributed by atoms with van der Waals surface area (Å²) in [5.41, 5.74) is 4.85. The Morgan fingerprint density at radius 1 is 0.446 bits per heavy atom. The summed E-state index contributed by atoms with van der Waals surface area (Å²) in [5.74, 6) is -0.439. The molecule has 4 aromatic heterocycles. The van der Waals surface area contributed by atoms with Crippen molar-refractivity contribution in [1.82, 2.24) is 41.2 Å². The van der Waals surface area contributed by atoms with E-state index in [9.17, 15) is 19.2 Å². The van der Waals surface area contributed by atoms with Crippen molar-refractivity contribution in [2.24, 2.45) is 0 Å². The smallest absolute Gasteiger partial charge is 0.255 e. The highest BCUT2D eigenvalue weighted by molar-refractivity contribution is 6.02. The lowest BCUT2D eigenvalue weighted by molar-refractivity contribution is 0.0933. The molecule has 0 aliphatic carbocycles. The molecule has 2 aromatic carbocycles. The van der Waals surface area contributed by atoms with E-state index in [0.29, 0.717) is 59.9 Å². The Morgan fingerprint density at radius 3 is 1.02 bits per heavy atom. The van der Waals surface area contributed by atoms with Crippen LogP contribution >= 0.6 is 0 Å². The zero-order valence-corrected chi connectivity index (χ0v) is 30.8. The van der Waals surface area contributed by atoms with Gasteiger partial charge in [0.2, 0.25) is 0 Å². The number of amides is 4. The van der Waals surface area contributed by atoms with Gasteiger partial charge < -0.3 is 30.7 Å². The number of hydrogen-bond donors (Lipinski definition) is 4. The molecule has 0 spiro atoms. The van der Waals surface area contributed by atoms with Gasteiger partial charge in [0.05, 0.1) is 25.3 Å². The minimum absolute atomic E-state index is 0.284. The lowest BCUT2D eigenvalue weighted by atomic mass is 10.1. The van der Waals surface area contributed by atoms with Gasteiger partial charge in [-0.15, -0.1) is 0 Å². The van der Waals surface area contributed by atoms with Gasteiger partial charge in [-0.3, -0.25) is 39.1 Å². The van der Waals surface area contributed by atoms with E-state index < -0.39 is 0 Å². The summed E-state index contributed by atoms with van der Waals surface area (Å²) in [6.45, 7) is 1.35. The number of nitrogens with one attached hydrogen (secondary N) is 4. The van der Waals surface area contributed by atoms with Crippen molar-refractivity contribution in [1.29, 1.82) is 0 Å². The maximum absolute atomic E-state index is 12.6. The molecule has 0 unspecified atom stereocenters. The second-order valence-electron chi connectivity index (χ2n) is 12.0. The first kappa shape index (κ1) is 39.7. The van der Waals surface area contributed by atoms with E-state index in [2.05, 4.69) is 41.2 Å². The number of benzene rings is 2. The molecular formula is C42H40N8O6. The molecule has 0 aliphatic heterocycles. The summed E-state index contributed by atoms with van der Waals surface area (Å²) >= 11 is 0. The highest BCUT2D eigenvalue weighted by atomic mass is 16.5. The van der Waals surface area contributed by atoms with Gasteiger partial charge in [-0.1, -0.05) is 24.3 Å². The zero-order chi connectivity index (χ0) is 39.5. The molecule has 0 saturated carbocycles. The Hall–Kier alpha value is -7.48. The van der Waals surface area contributed by atoms with Crippen molar-refractivity contribution in [3.05, 3.63) is 179 Å². The van der Waals surface area contributed by atoms with Crippen molar-refractivity contribution in [3.8, 4) is 11.5 Å². The molecule has 6 aromatic rings. The number of hydrogen-bond acceptors (Lipinski definition) is 10. The van der Waals surface area contributed by atoms with Crippen LogP contribution < -0.4 is 30.7 Å². The van der Waals surface area contributed by atoms with Gasteiger partial charge in [0.15, 0.2) is 0 Å². The maximum Gasteiger partial charge on any atom is 0.255 e. The van der Waals surface area contributed by atoms with Crippen LogP contribution in [0.1, 0.15) is 63.7 Å². The Kier molecular flexibility index (Phi) is 14.7. The first-order valence-electron chi connectivity index (χ1n) is 17.4. The van der Waals surface area contributed by atoms with E-state index in [4.69, 9.17) is 9.47 Å². The number of aromatic nitrogens is 4. The Balaban J connectivity index is 0.000000214. The monoisotopic (exact) mass is 752 g/mol. The van der Waals surface area contributed by atoms with E-state index in [1.165, 1.54) is 26.4 Å². The third kappa shape index (κ3) is 11.8.